The number of non-ortho nitro benzene ring substituents is 1. The molecule has 1 aliphatic rings. The lowest BCUT2D eigenvalue weighted by Gasteiger charge is -2.38. The molecule has 33 heavy (non-hydrogen) atoms. The molecule has 0 saturated carbocycles. The van der Waals surface area contributed by atoms with E-state index >= 15 is 0 Å². The van der Waals surface area contributed by atoms with Crippen molar-refractivity contribution < 1.29 is 28.7 Å². The lowest BCUT2D eigenvalue weighted by Crippen LogP contribution is -2.48. The third kappa shape index (κ3) is 5.42. The first-order valence-electron chi connectivity index (χ1n) is 10.9. The molecule has 1 atom stereocenters. The lowest BCUT2D eigenvalue weighted by molar-refractivity contribution is -0.384. The summed E-state index contributed by atoms with van der Waals surface area (Å²) < 4.78 is 16.4. The third-order valence-electron chi connectivity index (χ3n) is 5.52. The maximum Gasteiger partial charge on any atom is 0.323 e. The second-order valence-electron chi connectivity index (χ2n) is 7.99. The number of hydrogen-bond donors (Lipinski definition) is 0. The number of ether oxygens (including phenoxy) is 3. The summed E-state index contributed by atoms with van der Waals surface area (Å²) >= 11 is 0. The zero-order valence-corrected chi connectivity index (χ0v) is 19.0. The molecule has 0 fully saturated rings. The Balaban J connectivity index is 1.94. The molecular formula is C24H28N2O7. The second kappa shape index (κ2) is 10.3. The van der Waals surface area contributed by atoms with Crippen LogP contribution >= 0.6 is 0 Å². The number of hydrogen-bond acceptors (Lipinski definition) is 8. The molecule has 0 spiro atoms. The molecular weight excluding hydrogens is 428 g/mol. The predicted molar refractivity (Wildman–Crippen MR) is 121 cm³/mol. The summed E-state index contributed by atoms with van der Waals surface area (Å²) in [5.74, 6) is -0.893. The van der Waals surface area contributed by atoms with E-state index in [9.17, 15) is 19.7 Å². The van der Waals surface area contributed by atoms with Gasteiger partial charge in [-0.05, 0) is 32.4 Å². The molecule has 1 aliphatic heterocycles. The van der Waals surface area contributed by atoms with E-state index in [0.717, 1.165) is 5.56 Å². The summed E-state index contributed by atoms with van der Waals surface area (Å²) in [6.45, 7) is 5.90. The predicted octanol–water partition coefficient (Wildman–Crippen LogP) is 3.89. The topological polar surface area (TPSA) is 108 Å². The quantitative estimate of drug-likeness (QED) is 0.242. The van der Waals surface area contributed by atoms with Gasteiger partial charge in [0.05, 0.1) is 30.4 Å². The van der Waals surface area contributed by atoms with Crippen molar-refractivity contribution in [3.05, 3.63) is 64.2 Å². The van der Waals surface area contributed by atoms with Crippen molar-refractivity contribution in [2.24, 2.45) is 5.41 Å². The first kappa shape index (κ1) is 24.0. The molecule has 0 unspecified atom stereocenters. The van der Waals surface area contributed by atoms with E-state index in [1.807, 2.05) is 35.2 Å². The SMILES string of the molecule is CCOC(=O)C(C)(C[C@H]1CN(Cc2ccccc2)c2cc([N+](=O)[O-])ccc2O1)C(=O)OCC. The summed E-state index contributed by atoms with van der Waals surface area (Å²) in [4.78, 5) is 38.3. The fourth-order valence-electron chi connectivity index (χ4n) is 3.87. The Morgan fingerprint density at radius 3 is 2.33 bits per heavy atom. The van der Waals surface area contributed by atoms with E-state index in [1.54, 1.807) is 19.9 Å². The third-order valence-corrected chi connectivity index (χ3v) is 5.52. The number of nitrogens with zero attached hydrogens (tertiary/aromatic N) is 2. The van der Waals surface area contributed by atoms with E-state index in [0.29, 0.717) is 24.5 Å². The van der Waals surface area contributed by atoms with Crippen molar-refractivity contribution >= 4 is 23.3 Å². The van der Waals surface area contributed by atoms with Crippen molar-refractivity contribution in [3.8, 4) is 5.75 Å². The minimum atomic E-state index is -1.55. The van der Waals surface area contributed by atoms with Crippen molar-refractivity contribution in [1.29, 1.82) is 0 Å². The molecule has 2 aromatic carbocycles. The van der Waals surface area contributed by atoms with Crippen LogP contribution in [0.5, 0.6) is 5.75 Å². The van der Waals surface area contributed by atoms with Crippen LogP contribution in [0.3, 0.4) is 0 Å². The molecule has 9 nitrogen and oxygen atoms in total. The molecule has 2 aromatic rings. The summed E-state index contributed by atoms with van der Waals surface area (Å²) in [5, 5.41) is 11.3. The molecule has 0 aromatic heterocycles. The van der Waals surface area contributed by atoms with Crippen LogP contribution in [0.1, 0.15) is 32.8 Å². The monoisotopic (exact) mass is 456 g/mol. The average Bonchev–Trinajstić information content (AvgIpc) is 2.79. The van der Waals surface area contributed by atoms with E-state index in [4.69, 9.17) is 14.2 Å². The molecule has 0 bridgehead atoms. The van der Waals surface area contributed by atoms with Crippen LogP contribution in [0, 0.1) is 15.5 Å². The molecule has 0 aliphatic carbocycles. The van der Waals surface area contributed by atoms with Crippen LogP contribution in [0.4, 0.5) is 11.4 Å². The van der Waals surface area contributed by atoms with Gasteiger partial charge in [-0.1, -0.05) is 30.3 Å². The molecule has 0 amide bonds. The standard InChI is InChI=1S/C24H28N2O7/c1-4-31-22(27)24(3,23(28)32-5-2)14-19-16-25(15-17-9-7-6-8-10-17)20-13-18(26(29)30)11-12-21(20)33-19/h6-13,19H,4-5,14-16H2,1-3H3/t19-/m0/s1. The fourth-order valence-corrected chi connectivity index (χ4v) is 3.87. The number of carbonyl (C=O) groups is 2. The Bertz CT molecular complexity index is 991. The number of benzene rings is 2. The highest BCUT2D eigenvalue weighted by molar-refractivity contribution is 5.99. The van der Waals surface area contributed by atoms with Crippen LogP contribution in [0.15, 0.2) is 48.5 Å². The second-order valence-corrected chi connectivity index (χ2v) is 7.99. The van der Waals surface area contributed by atoms with Gasteiger partial charge in [0.2, 0.25) is 0 Å². The summed E-state index contributed by atoms with van der Waals surface area (Å²) in [6, 6.07) is 14.1. The number of fused-ring (bicyclic) bond motifs is 1. The van der Waals surface area contributed by atoms with Gasteiger partial charge >= 0.3 is 11.9 Å². The first-order valence-corrected chi connectivity index (χ1v) is 10.9. The van der Waals surface area contributed by atoms with Gasteiger partial charge in [-0.25, -0.2) is 0 Å². The molecule has 0 N–H and O–H groups in total. The van der Waals surface area contributed by atoms with E-state index < -0.39 is 28.4 Å². The highest BCUT2D eigenvalue weighted by Gasteiger charge is 2.47. The van der Waals surface area contributed by atoms with Crippen LogP contribution < -0.4 is 9.64 Å². The zero-order chi connectivity index (χ0) is 24.0. The van der Waals surface area contributed by atoms with Gasteiger partial charge in [0.15, 0.2) is 5.41 Å². The molecule has 0 saturated heterocycles. The van der Waals surface area contributed by atoms with Crippen molar-refractivity contribution in [2.75, 3.05) is 24.7 Å². The van der Waals surface area contributed by atoms with E-state index in [1.165, 1.54) is 19.1 Å². The molecule has 9 heteroatoms. The van der Waals surface area contributed by atoms with E-state index in [-0.39, 0.29) is 25.3 Å². The number of anilines is 1. The Kier molecular flexibility index (Phi) is 7.52. The Morgan fingerprint density at radius 2 is 1.76 bits per heavy atom. The van der Waals surface area contributed by atoms with Gasteiger partial charge < -0.3 is 19.1 Å². The van der Waals surface area contributed by atoms with Gasteiger partial charge in [-0.2, -0.15) is 0 Å². The number of nitro groups is 1. The van der Waals surface area contributed by atoms with Gasteiger partial charge in [0, 0.05) is 25.1 Å². The van der Waals surface area contributed by atoms with Gasteiger partial charge in [-0.15, -0.1) is 0 Å². The maximum atomic E-state index is 12.7. The highest BCUT2D eigenvalue weighted by atomic mass is 16.6. The Hall–Kier alpha value is -3.62. The first-order chi connectivity index (χ1) is 15.8. The normalized spacial score (nSPS) is 15.2. The number of rotatable bonds is 9. The Morgan fingerprint density at radius 1 is 1.12 bits per heavy atom. The van der Waals surface area contributed by atoms with Gasteiger partial charge in [0.1, 0.15) is 11.9 Å². The van der Waals surface area contributed by atoms with Crippen LogP contribution in [-0.2, 0) is 25.6 Å². The minimum Gasteiger partial charge on any atom is -0.486 e. The Labute approximate surface area is 192 Å². The van der Waals surface area contributed by atoms with E-state index in [2.05, 4.69) is 0 Å². The van der Waals surface area contributed by atoms with Crippen LogP contribution in [0.2, 0.25) is 0 Å². The zero-order valence-electron chi connectivity index (χ0n) is 19.0. The summed E-state index contributed by atoms with van der Waals surface area (Å²) in [7, 11) is 0. The average molecular weight is 456 g/mol. The van der Waals surface area contributed by atoms with Crippen molar-refractivity contribution in [3.63, 3.8) is 0 Å². The van der Waals surface area contributed by atoms with Gasteiger partial charge in [0.25, 0.3) is 5.69 Å². The largest absolute Gasteiger partial charge is 0.486 e. The maximum absolute atomic E-state index is 12.7. The smallest absolute Gasteiger partial charge is 0.323 e. The fraction of sp³-hybridized carbons (Fsp3) is 0.417. The van der Waals surface area contributed by atoms with Gasteiger partial charge in [-0.3, -0.25) is 19.7 Å². The van der Waals surface area contributed by atoms with Crippen LogP contribution in [-0.4, -0.2) is 42.7 Å². The van der Waals surface area contributed by atoms with Crippen molar-refractivity contribution in [1.82, 2.24) is 0 Å². The summed E-state index contributed by atoms with van der Waals surface area (Å²) in [6.07, 6.45) is -0.520. The number of esters is 2. The van der Waals surface area contributed by atoms with Crippen LogP contribution in [0.25, 0.3) is 0 Å². The number of carbonyl (C=O) groups excluding carboxylic acids is 2. The highest BCUT2D eigenvalue weighted by Crippen LogP contribution is 2.40. The summed E-state index contributed by atoms with van der Waals surface area (Å²) in [5.41, 5.74) is -0.00270. The number of nitro benzene ring substituents is 1. The molecule has 176 valence electrons. The van der Waals surface area contributed by atoms with Crippen molar-refractivity contribution in [2.45, 2.75) is 39.8 Å². The lowest BCUT2D eigenvalue weighted by atomic mass is 9.83. The molecule has 0 radical (unpaired) electrons. The molecule has 1 heterocycles. The minimum absolute atomic E-state index is 0.0341. The molecule has 3 rings (SSSR count).